The molecule has 0 saturated heterocycles. The lowest BCUT2D eigenvalue weighted by Crippen LogP contribution is -2.38. The lowest BCUT2D eigenvalue weighted by molar-refractivity contribution is 0.0696. The molecule has 0 radical (unpaired) electrons. The minimum Gasteiger partial charge on any atom is -0.478 e. The number of aromatic carboxylic acids is 1. The maximum Gasteiger partial charge on any atom is 0.337 e. The van der Waals surface area contributed by atoms with E-state index in [4.69, 9.17) is 5.11 Å². The number of pyridine rings is 1. The van der Waals surface area contributed by atoms with Gasteiger partial charge in [-0.2, -0.15) is 0 Å². The summed E-state index contributed by atoms with van der Waals surface area (Å²) in [4.78, 5) is 17.3. The third-order valence-electron chi connectivity index (χ3n) is 3.92. The van der Waals surface area contributed by atoms with Crippen LogP contribution in [0.2, 0.25) is 0 Å². The van der Waals surface area contributed by atoms with Gasteiger partial charge in [-0.15, -0.1) is 0 Å². The van der Waals surface area contributed by atoms with Gasteiger partial charge in [-0.1, -0.05) is 19.3 Å². The largest absolute Gasteiger partial charge is 0.478 e. The molecule has 1 fully saturated rings. The number of nitrogens with zero attached hydrogens (tertiary/aromatic N) is 2. The summed E-state index contributed by atoms with van der Waals surface area (Å²) in [5, 5.41) is 18.1. The first-order valence-electron chi connectivity index (χ1n) is 7.24. The fourth-order valence-electron chi connectivity index (χ4n) is 2.82. The SMILES string of the molecule is O=C(O)c1ccc(CN(CCO)C2CCCCC2)nc1. The second-order valence-corrected chi connectivity index (χ2v) is 5.33. The van der Waals surface area contributed by atoms with Gasteiger partial charge in [-0.25, -0.2) is 4.79 Å². The Morgan fingerprint density at radius 2 is 2.05 bits per heavy atom. The van der Waals surface area contributed by atoms with Crippen molar-refractivity contribution in [3.8, 4) is 0 Å². The van der Waals surface area contributed by atoms with Crippen molar-refractivity contribution in [2.75, 3.05) is 13.2 Å². The summed E-state index contributed by atoms with van der Waals surface area (Å²) in [6.07, 6.45) is 7.54. The van der Waals surface area contributed by atoms with Crippen molar-refractivity contribution in [2.45, 2.75) is 44.7 Å². The molecule has 2 N–H and O–H groups in total. The van der Waals surface area contributed by atoms with Crippen molar-refractivity contribution in [1.29, 1.82) is 0 Å². The van der Waals surface area contributed by atoms with E-state index in [1.165, 1.54) is 38.3 Å². The normalized spacial score (nSPS) is 16.5. The third-order valence-corrected chi connectivity index (χ3v) is 3.92. The van der Waals surface area contributed by atoms with Gasteiger partial charge < -0.3 is 10.2 Å². The number of carboxylic acids is 1. The van der Waals surface area contributed by atoms with Crippen LogP contribution >= 0.6 is 0 Å². The Morgan fingerprint density at radius 1 is 1.30 bits per heavy atom. The Morgan fingerprint density at radius 3 is 2.60 bits per heavy atom. The molecule has 0 unspecified atom stereocenters. The summed E-state index contributed by atoms with van der Waals surface area (Å²) in [6, 6.07) is 3.86. The molecule has 110 valence electrons. The summed E-state index contributed by atoms with van der Waals surface area (Å²) in [7, 11) is 0. The highest BCUT2D eigenvalue weighted by Gasteiger charge is 2.21. The van der Waals surface area contributed by atoms with Gasteiger partial charge in [0.15, 0.2) is 0 Å². The minimum absolute atomic E-state index is 0.143. The second kappa shape index (κ2) is 7.36. The second-order valence-electron chi connectivity index (χ2n) is 5.33. The molecule has 20 heavy (non-hydrogen) atoms. The Labute approximate surface area is 119 Å². The Bertz CT molecular complexity index is 427. The smallest absolute Gasteiger partial charge is 0.337 e. The Kier molecular flexibility index (Phi) is 5.49. The maximum absolute atomic E-state index is 10.8. The number of aromatic nitrogens is 1. The van der Waals surface area contributed by atoms with Crippen molar-refractivity contribution < 1.29 is 15.0 Å². The molecule has 1 saturated carbocycles. The van der Waals surface area contributed by atoms with Crippen LogP contribution in [0.5, 0.6) is 0 Å². The first-order chi connectivity index (χ1) is 9.70. The van der Waals surface area contributed by atoms with Gasteiger partial charge in [-0.3, -0.25) is 9.88 Å². The van der Waals surface area contributed by atoms with Gasteiger partial charge in [-0.05, 0) is 25.0 Å². The molecule has 0 atom stereocenters. The van der Waals surface area contributed by atoms with Gasteiger partial charge in [0.2, 0.25) is 0 Å². The zero-order chi connectivity index (χ0) is 14.4. The zero-order valence-electron chi connectivity index (χ0n) is 11.7. The van der Waals surface area contributed by atoms with Crippen molar-refractivity contribution in [3.05, 3.63) is 29.6 Å². The fraction of sp³-hybridized carbons (Fsp3) is 0.600. The number of rotatable bonds is 6. The van der Waals surface area contributed by atoms with Crippen LogP contribution in [0.3, 0.4) is 0 Å². The molecule has 0 spiro atoms. The van der Waals surface area contributed by atoms with Gasteiger partial charge >= 0.3 is 5.97 Å². The molecule has 2 rings (SSSR count). The molecule has 1 aromatic heterocycles. The van der Waals surface area contributed by atoms with Crippen LogP contribution in [0.25, 0.3) is 0 Å². The van der Waals surface area contributed by atoms with E-state index < -0.39 is 5.97 Å². The molecule has 0 amide bonds. The van der Waals surface area contributed by atoms with E-state index in [0.29, 0.717) is 19.1 Å². The van der Waals surface area contributed by atoms with Gasteiger partial charge in [0.05, 0.1) is 17.9 Å². The topological polar surface area (TPSA) is 73.7 Å². The number of hydrogen-bond donors (Lipinski definition) is 2. The van der Waals surface area contributed by atoms with Crippen molar-refractivity contribution in [1.82, 2.24) is 9.88 Å². The van der Waals surface area contributed by atoms with E-state index in [-0.39, 0.29) is 12.2 Å². The van der Waals surface area contributed by atoms with Crippen molar-refractivity contribution in [3.63, 3.8) is 0 Å². The summed E-state index contributed by atoms with van der Waals surface area (Å²) < 4.78 is 0. The van der Waals surface area contributed by atoms with Crippen LogP contribution in [0.1, 0.15) is 48.2 Å². The summed E-state index contributed by atoms with van der Waals surface area (Å²) in [5.74, 6) is -0.955. The third kappa shape index (κ3) is 4.02. The highest BCUT2D eigenvalue weighted by atomic mass is 16.4. The molecule has 0 aliphatic heterocycles. The average Bonchev–Trinajstić information content (AvgIpc) is 2.48. The molecular weight excluding hydrogens is 256 g/mol. The van der Waals surface area contributed by atoms with E-state index in [0.717, 1.165) is 5.69 Å². The number of hydrogen-bond acceptors (Lipinski definition) is 4. The standard InChI is InChI=1S/C15H22N2O3/c18-9-8-17(14-4-2-1-3-5-14)11-13-7-6-12(10-16-13)15(19)20/h6-7,10,14,18H,1-5,8-9,11H2,(H,19,20). The number of carboxylic acid groups (broad SMARTS) is 1. The van der Waals surface area contributed by atoms with Crippen LogP contribution in [0.4, 0.5) is 0 Å². The molecular formula is C15H22N2O3. The van der Waals surface area contributed by atoms with Crippen LogP contribution in [-0.4, -0.2) is 45.3 Å². The maximum atomic E-state index is 10.8. The molecule has 5 nitrogen and oxygen atoms in total. The quantitative estimate of drug-likeness (QED) is 0.831. The van der Waals surface area contributed by atoms with Crippen LogP contribution < -0.4 is 0 Å². The van der Waals surface area contributed by atoms with Crippen molar-refractivity contribution >= 4 is 5.97 Å². The Balaban J connectivity index is 2.01. The predicted octanol–water partition coefficient (Wildman–Crippen LogP) is 1.91. The molecule has 5 heteroatoms. The first-order valence-corrected chi connectivity index (χ1v) is 7.24. The first kappa shape index (κ1) is 14.9. The highest BCUT2D eigenvalue weighted by Crippen LogP contribution is 2.23. The molecule has 0 aromatic carbocycles. The molecule has 1 aliphatic carbocycles. The van der Waals surface area contributed by atoms with E-state index in [9.17, 15) is 9.90 Å². The van der Waals surface area contributed by atoms with E-state index in [1.54, 1.807) is 12.1 Å². The Hall–Kier alpha value is -1.46. The highest BCUT2D eigenvalue weighted by molar-refractivity contribution is 5.87. The van der Waals surface area contributed by atoms with Crippen LogP contribution in [-0.2, 0) is 6.54 Å². The van der Waals surface area contributed by atoms with E-state index in [2.05, 4.69) is 9.88 Å². The van der Waals surface area contributed by atoms with Gasteiger partial charge in [0, 0.05) is 25.3 Å². The lowest BCUT2D eigenvalue weighted by atomic mass is 9.94. The van der Waals surface area contributed by atoms with Crippen LogP contribution in [0.15, 0.2) is 18.3 Å². The molecule has 1 aromatic rings. The van der Waals surface area contributed by atoms with Gasteiger partial charge in [0.1, 0.15) is 0 Å². The average molecular weight is 278 g/mol. The van der Waals surface area contributed by atoms with E-state index in [1.807, 2.05) is 0 Å². The lowest BCUT2D eigenvalue weighted by Gasteiger charge is -2.33. The predicted molar refractivity (Wildman–Crippen MR) is 75.6 cm³/mol. The van der Waals surface area contributed by atoms with E-state index >= 15 is 0 Å². The summed E-state index contributed by atoms with van der Waals surface area (Å²) >= 11 is 0. The van der Waals surface area contributed by atoms with Crippen LogP contribution in [0, 0.1) is 0 Å². The number of carbonyl (C=O) groups is 1. The molecule has 0 bridgehead atoms. The summed E-state index contributed by atoms with van der Waals surface area (Å²) in [6.45, 7) is 1.46. The minimum atomic E-state index is -0.955. The molecule has 1 heterocycles. The van der Waals surface area contributed by atoms with Crippen molar-refractivity contribution in [2.24, 2.45) is 0 Å². The van der Waals surface area contributed by atoms with Gasteiger partial charge in [0.25, 0.3) is 0 Å². The molecule has 1 aliphatic rings. The monoisotopic (exact) mass is 278 g/mol. The summed E-state index contributed by atoms with van der Waals surface area (Å²) in [5.41, 5.74) is 1.06. The number of aliphatic hydroxyl groups excluding tert-OH is 1. The fourth-order valence-corrected chi connectivity index (χ4v) is 2.82. The zero-order valence-corrected chi connectivity index (χ0v) is 11.7. The number of aliphatic hydroxyl groups is 1.